The van der Waals surface area contributed by atoms with E-state index < -0.39 is 5.97 Å². The number of hydrogen-bond donors (Lipinski definition) is 1. The first-order chi connectivity index (χ1) is 12.0. The molecule has 0 aliphatic heterocycles. The SMILES string of the molecule is O=C(O)Cn1c(SCCOc2ccc(Cl)cc2)nc2cc(Cl)ccc21. The third-order valence-electron chi connectivity index (χ3n) is 3.37. The van der Waals surface area contributed by atoms with Crippen LogP contribution in [0.15, 0.2) is 47.6 Å². The van der Waals surface area contributed by atoms with Gasteiger partial charge in [0.15, 0.2) is 5.16 Å². The van der Waals surface area contributed by atoms with Gasteiger partial charge in [-0.3, -0.25) is 4.79 Å². The molecule has 8 heteroatoms. The number of aromatic nitrogens is 2. The summed E-state index contributed by atoms with van der Waals surface area (Å²) in [6, 6.07) is 12.4. The molecule has 0 saturated carbocycles. The Kier molecular flexibility index (Phi) is 5.73. The fraction of sp³-hybridized carbons (Fsp3) is 0.176. The van der Waals surface area contributed by atoms with Gasteiger partial charge in [-0.15, -0.1) is 0 Å². The molecular formula is C17H14Cl2N2O3S. The van der Waals surface area contributed by atoms with Crippen LogP contribution in [-0.2, 0) is 11.3 Å². The van der Waals surface area contributed by atoms with Crippen LogP contribution >= 0.6 is 35.0 Å². The third-order valence-corrected chi connectivity index (χ3v) is 4.79. The van der Waals surface area contributed by atoms with E-state index in [1.807, 2.05) is 0 Å². The van der Waals surface area contributed by atoms with Crippen LogP contribution in [-0.4, -0.2) is 33.0 Å². The van der Waals surface area contributed by atoms with Crippen LogP contribution in [0, 0.1) is 0 Å². The van der Waals surface area contributed by atoms with Gasteiger partial charge in [0.05, 0.1) is 17.6 Å². The van der Waals surface area contributed by atoms with Gasteiger partial charge in [0.1, 0.15) is 12.3 Å². The van der Waals surface area contributed by atoms with Crippen molar-refractivity contribution in [3.05, 3.63) is 52.5 Å². The van der Waals surface area contributed by atoms with Crippen LogP contribution in [0.4, 0.5) is 0 Å². The summed E-state index contributed by atoms with van der Waals surface area (Å²) in [5, 5.41) is 11.0. The van der Waals surface area contributed by atoms with Crippen LogP contribution in [0.5, 0.6) is 5.75 Å². The van der Waals surface area contributed by atoms with Gasteiger partial charge in [0.2, 0.25) is 0 Å². The monoisotopic (exact) mass is 396 g/mol. The van der Waals surface area contributed by atoms with E-state index in [-0.39, 0.29) is 6.54 Å². The first kappa shape index (κ1) is 17.9. The molecule has 1 aromatic heterocycles. The van der Waals surface area contributed by atoms with Crippen molar-refractivity contribution in [3.63, 3.8) is 0 Å². The molecule has 0 fully saturated rings. The molecule has 0 amide bonds. The lowest BCUT2D eigenvalue weighted by Crippen LogP contribution is -2.10. The maximum absolute atomic E-state index is 11.2. The molecule has 0 aliphatic carbocycles. The predicted octanol–water partition coefficient (Wildman–Crippen LogP) is 4.60. The summed E-state index contributed by atoms with van der Waals surface area (Å²) < 4.78 is 7.31. The van der Waals surface area contributed by atoms with Gasteiger partial charge in [0, 0.05) is 15.8 Å². The molecule has 0 spiro atoms. The number of carbonyl (C=O) groups is 1. The fourth-order valence-corrected chi connectivity index (χ4v) is 3.43. The number of ether oxygens (including phenoxy) is 1. The second kappa shape index (κ2) is 7.99. The summed E-state index contributed by atoms with van der Waals surface area (Å²) in [4.78, 5) is 15.6. The number of thioether (sulfide) groups is 1. The number of hydrogen-bond acceptors (Lipinski definition) is 4. The Morgan fingerprint density at radius 3 is 2.60 bits per heavy atom. The molecule has 3 rings (SSSR count). The third kappa shape index (κ3) is 4.60. The lowest BCUT2D eigenvalue weighted by atomic mass is 10.3. The van der Waals surface area contributed by atoms with Crippen LogP contribution in [0.3, 0.4) is 0 Å². The Morgan fingerprint density at radius 1 is 1.16 bits per heavy atom. The predicted molar refractivity (Wildman–Crippen MR) is 100 cm³/mol. The van der Waals surface area contributed by atoms with Gasteiger partial charge in [0.25, 0.3) is 0 Å². The molecule has 0 aliphatic rings. The van der Waals surface area contributed by atoms with Crippen molar-refractivity contribution in [1.29, 1.82) is 0 Å². The Balaban J connectivity index is 1.69. The number of carboxylic acid groups (broad SMARTS) is 1. The van der Waals surface area contributed by atoms with Crippen LogP contribution in [0.25, 0.3) is 11.0 Å². The van der Waals surface area contributed by atoms with Crippen LogP contribution < -0.4 is 4.74 Å². The van der Waals surface area contributed by atoms with Crippen molar-refractivity contribution in [2.24, 2.45) is 0 Å². The zero-order valence-electron chi connectivity index (χ0n) is 13.0. The van der Waals surface area contributed by atoms with Crippen LogP contribution in [0.2, 0.25) is 10.0 Å². The Bertz CT molecular complexity index is 897. The van der Waals surface area contributed by atoms with Crippen molar-refractivity contribution >= 4 is 52.0 Å². The molecule has 1 N–H and O–H groups in total. The molecular weight excluding hydrogens is 383 g/mol. The van der Waals surface area contributed by atoms with Crippen molar-refractivity contribution in [3.8, 4) is 5.75 Å². The largest absolute Gasteiger partial charge is 0.493 e. The highest BCUT2D eigenvalue weighted by atomic mass is 35.5. The van der Waals surface area contributed by atoms with E-state index in [2.05, 4.69) is 4.98 Å². The lowest BCUT2D eigenvalue weighted by molar-refractivity contribution is -0.137. The topological polar surface area (TPSA) is 64.3 Å². The highest BCUT2D eigenvalue weighted by Crippen LogP contribution is 2.26. The van der Waals surface area contributed by atoms with Crippen molar-refractivity contribution in [2.75, 3.05) is 12.4 Å². The van der Waals surface area contributed by atoms with Gasteiger partial charge in [-0.1, -0.05) is 35.0 Å². The fourth-order valence-electron chi connectivity index (χ4n) is 2.30. The Hall–Kier alpha value is -1.89. The number of rotatable bonds is 7. The van der Waals surface area contributed by atoms with E-state index in [9.17, 15) is 4.79 Å². The smallest absolute Gasteiger partial charge is 0.323 e. The minimum Gasteiger partial charge on any atom is -0.493 e. The molecule has 130 valence electrons. The van der Waals surface area contributed by atoms with Gasteiger partial charge in [-0.25, -0.2) is 4.98 Å². The second-order valence-corrected chi connectivity index (χ2v) is 7.09. The summed E-state index contributed by atoms with van der Waals surface area (Å²) in [7, 11) is 0. The van der Waals surface area contributed by atoms with Gasteiger partial charge in [-0.2, -0.15) is 0 Å². The number of halogens is 2. The molecule has 0 unspecified atom stereocenters. The van der Waals surface area contributed by atoms with E-state index in [4.69, 9.17) is 33.0 Å². The summed E-state index contributed by atoms with van der Waals surface area (Å²) >= 11 is 13.3. The average molecular weight is 397 g/mol. The van der Waals surface area contributed by atoms with E-state index >= 15 is 0 Å². The molecule has 5 nitrogen and oxygen atoms in total. The van der Waals surface area contributed by atoms with E-state index in [1.165, 1.54) is 11.8 Å². The minimum absolute atomic E-state index is 0.154. The minimum atomic E-state index is -0.923. The van der Waals surface area contributed by atoms with Gasteiger partial charge in [-0.05, 0) is 42.5 Å². The number of carboxylic acids is 1. The normalized spacial score (nSPS) is 11.0. The van der Waals surface area contributed by atoms with Crippen molar-refractivity contribution in [2.45, 2.75) is 11.7 Å². The maximum atomic E-state index is 11.2. The summed E-state index contributed by atoms with van der Waals surface area (Å²) in [5.74, 6) is 0.434. The molecule has 2 aromatic carbocycles. The number of benzene rings is 2. The number of nitrogens with zero attached hydrogens (tertiary/aromatic N) is 2. The molecule has 0 bridgehead atoms. The molecule has 1 heterocycles. The summed E-state index contributed by atoms with van der Waals surface area (Å²) in [5.41, 5.74) is 1.42. The van der Waals surface area contributed by atoms with E-state index in [1.54, 1.807) is 47.0 Å². The number of imidazole rings is 1. The lowest BCUT2D eigenvalue weighted by Gasteiger charge is -2.07. The van der Waals surface area contributed by atoms with E-state index in [0.29, 0.717) is 33.1 Å². The van der Waals surface area contributed by atoms with Crippen molar-refractivity contribution in [1.82, 2.24) is 9.55 Å². The van der Waals surface area contributed by atoms with Gasteiger partial charge < -0.3 is 14.4 Å². The van der Waals surface area contributed by atoms with E-state index in [0.717, 1.165) is 11.3 Å². The summed E-state index contributed by atoms with van der Waals surface area (Å²) in [6.07, 6.45) is 0. The molecule has 25 heavy (non-hydrogen) atoms. The molecule has 3 aromatic rings. The highest BCUT2D eigenvalue weighted by Gasteiger charge is 2.14. The molecule has 0 radical (unpaired) electrons. The highest BCUT2D eigenvalue weighted by molar-refractivity contribution is 7.99. The number of aliphatic carboxylic acids is 1. The van der Waals surface area contributed by atoms with Gasteiger partial charge >= 0.3 is 5.97 Å². The first-order valence-corrected chi connectivity index (χ1v) is 9.16. The zero-order chi connectivity index (χ0) is 17.8. The first-order valence-electron chi connectivity index (χ1n) is 7.41. The second-order valence-electron chi connectivity index (χ2n) is 5.16. The Labute approximate surface area is 158 Å². The molecule has 0 atom stereocenters. The number of fused-ring (bicyclic) bond motifs is 1. The average Bonchev–Trinajstić information content (AvgIpc) is 2.89. The quantitative estimate of drug-likeness (QED) is 0.466. The summed E-state index contributed by atoms with van der Waals surface area (Å²) in [6.45, 7) is 0.307. The maximum Gasteiger partial charge on any atom is 0.323 e. The standard InChI is InChI=1S/C17H14Cl2N2O3S/c18-11-1-4-13(5-2-11)24-7-8-25-17-20-14-9-12(19)3-6-15(14)21(17)10-16(22)23/h1-6,9H,7-8,10H2,(H,22,23). The zero-order valence-corrected chi connectivity index (χ0v) is 15.3. The molecule has 0 saturated heterocycles. The van der Waals surface area contributed by atoms with Crippen molar-refractivity contribution < 1.29 is 14.6 Å². The van der Waals surface area contributed by atoms with Crippen LogP contribution in [0.1, 0.15) is 0 Å². The Morgan fingerprint density at radius 2 is 1.88 bits per heavy atom.